The molecule has 142 valence electrons. The Balaban J connectivity index is 1.85. The minimum absolute atomic E-state index is 0.0207. The fourth-order valence-electron chi connectivity index (χ4n) is 2.46. The molecule has 0 fully saturated rings. The molecule has 3 rings (SSSR count). The summed E-state index contributed by atoms with van der Waals surface area (Å²) in [4.78, 5) is 12.2. The van der Waals surface area contributed by atoms with E-state index in [9.17, 15) is 27.5 Å². The minimum atomic E-state index is -0.894. The van der Waals surface area contributed by atoms with Crippen molar-refractivity contribution in [1.29, 1.82) is 0 Å². The molecule has 0 aliphatic carbocycles. The van der Waals surface area contributed by atoms with E-state index >= 15 is 0 Å². The molecule has 0 bridgehead atoms. The van der Waals surface area contributed by atoms with Gasteiger partial charge in [0.25, 0.3) is 5.91 Å². The quantitative estimate of drug-likeness (QED) is 0.396. The number of nitrogens with one attached hydrogen (secondary N) is 1. The standard InChI is InChI=1S/C20H12F4N2O2/c21-12-5-6-13(18(24)9-12)11-4-7-19(27)14(8-11)20(28)26-25-10-15-16(22)2-1-3-17(15)23/h1-10,27H,(H,26,28)/b25-10+. The van der Waals surface area contributed by atoms with Crippen LogP contribution in [0.5, 0.6) is 5.75 Å². The van der Waals surface area contributed by atoms with E-state index in [4.69, 9.17) is 0 Å². The van der Waals surface area contributed by atoms with Crippen LogP contribution in [-0.2, 0) is 0 Å². The number of hydrogen-bond acceptors (Lipinski definition) is 3. The number of benzene rings is 3. The topological polar surface area (TPSA) is 61.7 Å². The number of hydrogen-bond donors (Lipinski definition) is 2. The number of carbonyl (C=O) groups is 1. The average molecular weight is 388 g/mol. The lowest BCUT2D eigenvalue weighted by Crippen LogP contribution is -2.18. The highest BCUT2D eigenvalue weighted by Gasteiger charge is 2.14. The lowest BCUT2D eigenvalue weighted by molar-refractivity contribution is 0.0952. The molecule has 0 aliphatic rings. The summed E-state index contributed by atoms with van der Waals surface area (Å²) in [5.74, 6) is -4.65. The molecular weight excluding hydrogens is 376 g/mol. The highest BCUT2D eigenvalue weighted by Crippen LogP contribution is 2.28. The Labute approximate surface area is 156 Å². The maximum Gasteiger partial charge on any atom is 0.275 e. The predicted molar refractivity (Wildman–Crippen MR) is 94.9 cm³/mol. The molecule has 28 heavy (non-hydrogen) atoms. The van der Waals surface area contributed by atoms with E-state index in [1.807, 2.05) is 5.43 Å². The van der Waals surface area contributed by atoms with Crippen LogP contribution < -0.4 is 5.43 Å². The van der Waals surface area contributed by atoms with Crippen molar-refractivity contribution in [3.63, 3.8) is 0 Å². The summed E-state index contributed by atoms with van der Waals surface area (Å²) in [5, 5.41) is 13.4. The van der Waals surface area contributed by atoms with Gasteiger partial charge >= 0.3 is 0 Å². The van der Waals surface area contributed by atoms with E-state index in [2.05, 4.69) is 5.10 Å². The van der Waals surface area contributed by atoms with Crippen LogP contribution in [-0.4, -0.2) is 17.2 Å². The fraction of sp³-hybridized carbons (Fsp3) is 0. The average Bonchev–Trinajstić information content (AvgIpc) is 2.65. The van der Waals surface area contributed by atoms with Gasteiger partial charge in [0, 0.05) is 11.6 Å². The molecular formula is C20H12F4N2O2. The van der Waals surface area contributed by atoms with Crippen molar-refractivity contribution in [1.82, 2.24) is 5.43 Å². The lowest BCUT2D eigenvalue weighted by Gasteiger charge is -2.08. The van der Waals surface area contributed by atoms with Crippen LogP contribution in [0.25, 0.3) is 11.1 Å². The number of aromatic hydroxyl groups is 1. The molecule has 8 heteroatoms. The first-order valence-corrected chi connectivity index (χ1v) is 7.92. The largest absolute Gasteiger partial charge is 0.507 e. The van der Waals surface area contributed by atoms with Crippen LogP contribution in [0.15, 0.2) is 59.7 Å². The fourth-order valence-corrected chi connectivity index (χ4v) is 2.46. The molecule has 1 amide bonds. The second-order valence-electron chi connectivity index (χ2n) is 5.69. The third kappa shape index (κ3) is 4.01. The number of rotatable bonds is 4. The van der Waals surface area contributed by atoms with Crippen LogP contribution in [0.2, 0.25) is 0 Å². The zero-order valence-corrected chi connectivity index (χ0v) is 14.1. The van der Waals surface area contributed by atoms with Gasteiger partial charge in [-0.15, -0.1) is 0 Å². The molecule has 0 saturated carbocycles. The Morgan fingerprint density at radius 2 is 1.64 bits per heavy atom. The number of phenolic OH excluding ortho intramolecular Hbond substituents is 1. The van der Waals surface area contributed by atoms with E-state index < -0.39 is 40.5 Å². The van der Waals surface area contributed by atoms with Crippen LogP contribution in [0.1, 0.15) is 15.9 Å². The SMILES string of the molecule is O=C(N/N=C/c1c(F)cccc1F)c1cc(-c2ccc(F)cc2F)ccc1O. The van der Waals surface area contributed by atoms with Gasteiger partial charge in [0.1, 0.15) is 29.0 Å². The Kier molecular flexibility index (Phi) is 5.39. The molecule has 0 unspecified atom stereocenters. The first-order chi connectivity index (χ1) is 13.4. The zero-order chi connectivity index (χ0) is 20.3. The first-order valence-electron chi connectivity index (χ1n) is 7.92. The maximum absolute atomic E-state index is 13.9. The number of nitrogens with zero attached hydrogens (tertiary/aromatic N) is 1. The number of hydrazone groups is 1. The van der Waals surface area contributed by atoms with Gasteiger partial charge in [0.05, 0.1) is 17.3 Å². The van der Waals surface area contributed by atoms with E-state index in [0.29, 0.717) is 6.07 Å². The summed E-state index contributed by atoms with van der Waals surface area (Å²) >= 11 is 0. The maximum atomic E-state index is 13.9. The molecule has 0 aromatic heterocycles. The van der Waals surface area contributed by atoms with Gasteiger partial charge in [-0.1, -0.05) is 12.1 Å². The van der Waals surface area contributed by atoms with Crippen LogP contribution in [0, 0.1) is 23.3 Å². The number of halogens is 4. The summed E-state index contributed by atoms with van der Waals surface area (Å²) in [6, 6.07) is 9.86. The van der Waals surface area contributed by atoms with E-state index in [1.54, 1.807) is 0 Å². The molecule has 2 N–H and O–H groups in total. The molecule has 3 aromatic carbocycles. The van der Waals surface area contributed by atoms with Crippen LogP contribution >= 0.6 is 0 Å². The third-order valence-corrected chi connectivity index (χ3v) is 3.84. The second-order valence-corrected chi connectivity index (χ2v) is 5.69. The summed E-state index contributed by atoms with van der Waals surface area (Å²) in [7, 11) is 0. The Morgan fingerprint density at radius 1 is 0.929 bits per heavy atom. The smallest absolute Gasteiger partial charge is 0.275 e. The highest BCUT2D eigenvalue weighted by molar-refractivity contribution is 5.98. The van der Waals surface area contributed by atoms with Gasteiger partial charge in [0.15, 0.2) is 0 Å². The van der Waals surface area contributed by atoms with E-state index in [1.165, 1.54) is 24.3 Å². The van der Waals surface area contributed by atoms with Crippen LogP contribution in [0.3, 0.4) is 0 Å². The molecule has 0 radical (unpaired) electrons. The number of amides is 1. The molecule has 0 atom stereocenters. The van der Waals surface area contributed by atoms with Gasteiger partial charge in [-0.2, -0.15) is 5.10 Å². The van der Waals surface area contributed by atoms with Crippen molar-refractivity contribution < 1.29 is 27.5 Å². The predicted octanol–water partition coefficient (Wildman–Crippen LogP) is 4.38. The molecule has 4 nitrogen and oxygen atoms in total. The van der Waals surface area contributed by atoms with Crippen molar-refractivity contribution in [3.8, 4) is 16.9 Å². The third-order valence-electron chi connectivity index (χ3n) is 3.84. The van der Waals surface area contributed by atoms with Crippen molar-refractivity contribution in [3.05, 3.63) is 89.0 Å². The van der Waals surface area contributed by atoms with Crippen molar-refractivity contribution in [2.24, 2.45) is 5.10 Å². The second kappa shape index (κ2) is 7.91. The Morgan fingerprint density at radius 3 is 2.32 bits per heavy atom. The molecule has 0 saturated heterocycles. The van der Waals surface area contributed by atoms with Crippen molar-refractivity contribution in [2.75, 3.05) is 0 Å². The molecule has 3 aromatic rings. The summed E-state index contributed by atoms with van der Waals surface area (Å²) in [6.45, 7) is 0. The van der Waals surface area contributed by atoms with E-state index in [0.717, 1.165) is 30.5 Å². The molecule has 0 spiro atoms. The lowest BCUT2D eigenvalue weighted by atomic mass is 10.0. The van der Waals surface area contributed by atoms with Gasteiger partial charge in [-0.25, -0.2) is 23.0 Å². The molecule has 0 heterocycles. The van der Waals surface area contributed by atoms with Gasteiger partial charge in [-0.3, -0.25) is 4.79 Å². The highest BCUT2D eigenvalue weighted by atomic mass is 19.1. The number of phenols is 1. The summed E-state index contributed by atoms with van der Waals surface area (Å²) in [5.41, 5.74) is 1.55. The summed E-state index contributed by atoms with van der Waals surface area (Å²) in [6.07, 6.45) is 0.781. The normalized spacial score (nSPS) is 11.0. The zero-order valence-electron chi connectivity index (χ0n) is 14.1. The van der Waals surface area contributed by atoms with Gasteiger partial charge in [-0.05, 0) is 42.0 Å². The number of carbonyl (C=O) groups excluding carboxylic acids is 1. The van der Waals surface area contributed by atoms with Crippen molar-refractivity contribution >= 4 is 12.1 Å². The monoisotopic (exact) mass is 388 g/mol. The minimum Gasteiger partial charge on any atom is -0.507 e. The van der Waals surface area contributed by atoms with E-state index in [-0.39, 0.29) is 16.7 Å². The molecule has 0 aliphatic heterocycles. The van der Waals surface area contributed by atoms with Gasteiger partial charge < -0.3 is 5.11 Å². The Hall–Kier alpha value is -3.68. The van der Waals surface area contributed by atoms with Gasteiger partial charge in [0.2, 0.25) is 0 Å². The first kappa shape index (κ1) is 19.1. The summed E-state index contributed by atoms with van der Waals surface area (Å²) < 4.78 is 54.0. The van der Waals surface area contributed by atoms with Crippen LogP contribution in [0.4, 0.5) is 17.6 Å². The Bertz CT molecular complexity index is 1060. The van der Waals surface area contributed by atoms with Crippen molar-refractivity contribution in [2.45, 2.75) is 0 Å².